The number of ether oxygens (including phenoxy) is 3. The average Bonchev–Trinajstić information content (AvgIpc) is 2.71. The van der Waals surface area contributed by atoms with Crippen LogP contribution in [0, 0.1) is 5.92 Å². The molecule has 1 saturated heterocycles. The molecular weight excluding hydrogens is 366 g/mol. The van der Waals surface area contributed by atoms with Gasteiger partial charge in [-0.2, -0.15) is 0 Å². The first-order valence-corrected chi connectivity index (χ1v) is 10.4. The van der Waals surface area contributed by atoms with Crippen molar-refractivity contribution in [3.63, 3.8) is 0 Å². The lowest BCUT2D eigenvalue weighted by Crippen LogP contribution is -2.48. The Balaban J connectivity index is 1.61. The van der Waals surface area contributed by atoms with Crippen LogP contribution in [0.25, 0.3) is 0 Å². The van der Waals surface area contributed by atoms with Crippen molar-refractivity contribution in [2.45, 2.75) is 43.8 Å². The molecule has 0 aromatic heterocycles. The zero-order chi connectivity index (χ0) is 19.7. The smallest absolute Gasteiger partial charge is 0.366 e. The van der Waals surface area contributed by atoms with Crippen molar-refractivity contribution in [2.24, 2.45) is 11.1 Å². The van der Waals surface area contributed by atoms with Crippen molar-refractivity contribution in [3.8, 4) is 0 Å². The van der Waals surface area contributed by atoms with Crippen LogP contribution in [0.4, 0.5) is 0 Å². The van der Waals surface area contributed by atoms with E-state index in [0.717, 1.165) is 30.5 Å². The molecule has 2 rings (SSSR count). The Labute approximate surface area is 165 Å². The van der Waals surface area contributed by atoms with E-state index in [-0.39, 0.29) is 5.92 Å². The quantitative estimate of drug-likeness (QED) is 0.208. The van der Waals surface area contributed by atoms with Crippen molar-refractivity contribution in [1.82, 2.24) is 0 Å². The van der Waals surface area contributed by atoms with E-state index >= 15 is 0 Å². The van der Waals surface area contributed by atoms with Crippen molar-refractivity contribution in [2.75, 3.05) is 33.2 Å². The van der Waals surface area contributed by atoms with Crippen LogP contribution in [-0.4, -0.2) is 50.7 Å². The van der Waals surface area contributed by atoms with Gasteiger partial charge in [0.1, 0.15) is 6.61 Å². The summed E-state index contributed by atoms with van der Waals surface area (Å²) in [6.07, 6.45) is 4.91. The van der Waals surface area contributed by atoms with Gasteiger partial charge in [0.2, 0.25) is 0 Å². The van der Waals surface area contributed by atoms with Crippen molar-refractivity contribution >= 4 is 23.4 Å². The highest BCUT2D eigenvalue weighted by Crippen LogP contribution is 2.25. The molecule has 0 radical (unpaired) electrons. The van der Waals surface area contributed by atoms with Gasteiger partial charge in [-0.1, -0.05) is 17.3 Å². The summed E-state index contributed by atoms with van der Waals surface area (Å²) in [5.41, 5.74) is 1.94. The molecule has 1 fully saturated rings. The number of hydrogen-bond donors (Lipinski definition) is 0. The first-order valence-electron chi connectivity index (χ1n) is 9.16. The normalized spacial score (nSPS) is 23.1. The molecule has 0 spiro atoms. The van der Waals surface area contributed by atoms with Gasteiger partial charge in [-0.15, -0.1) is 11.8 Å². The van der Waals surface area contributed by atoms with E-state index in [2.05, 4.69) is 35.7 Å². The van der Waals surface area contributed by atoms with Gasteiger partial charge in [0, 0.05) is 17.7 Å². The number of carbonyl (C=O) groups is 1. The Kier molecular flexibility index (Phi) is 8.60. The maximum atomic E-state index is 11.6. The number of unbranched alkanes of at least 4 members (excludes halogenated alkanes) is 1. The Hall–Kier alpha value is -1.57. The second kappa shape index (κ2) is 10.7. The van der Waals surface area contributed by atoms with Crippen LogP contribution in [0.1, 0.15) is 38.7 Å². The second-order valence-corrected chi connectivity index (χ2v) is 7.54. The third-order valence-electron chi connectivity index (χ3n) is 4.55. The monoisotopic (exact) mass is 395 g/mol. The van der Waals surface area contributed by atoms with Gasteiger partial charge in [0.05, 0.1) is 26.0 Å². The fraction of sp³-hybridized carbons (Fsp3) is 0.600. The number of thioether (sulfide) groups is 1. The Bertz CT molecular complexity index is 624. The number of nitrogens with zero attached hydrogens (tertiary/aromatic N) is 1. The highest BCUT2D eigenvalue weighted by molar-refractivity contribution is 7.98. The lowest BCUT2D eigenvalue weighted by molar-refractivity contribution is -0.272. The number of benzene rings is 1. The first kappa shape index (κ1) is 21.7. The molecule has 0 N–H and O–H groups in total. The summed E-state index contributed by atoms with van der Waals surface area (Å²) < 4.78 is 15.8. The summed E-state index contributed by atoms with van der Waals surface area (Å²) in [7, 11) is 1.33. The van der Waals surface area contributed by atoms with E-state index in [1.807, 2.05) is 6.92 Å². The molecule has 1 aromatic rings. The Morgan fingerprint density at radius 3 is 2.52 bits per heavy atom. The predicted molar refractivity (Wildman–Crippen MR) is 106 cm³/mol. The Morgan fingerprint density at radius 2 is 1.93 bits per heavy atom. The van der Waals surface area contributed by atoms with Crippen LogP contribution < -0.4 is 0 Å². The number of carbonyl (C=O) groups excluding carboxylic acids is 1. The third-order valence-corrected chi connectivity index (χ3v) is 5.30. The standard InChI is InChI=1S/C20H29NO5S/c1-15(17-8-10-18(27-4)11-9-17)21-26-12-6-5-7-16-13-24-20(2,25-14-16)19(22)23-3/h8-11,16H,5-7,12-14H2,1-4H3. The highest BCUT2D eigenvalue weighted by atomic mass is 32.2. The largest absolute Gasteiger partial charge is 0.465 e. The molecule has 1 aromatic carbocycles. The third kappa shape index (κ3) is 6.52. The first-order chi connectivity index (χ1) is 13.0. The van der Waals surface area contributed by atoms with Crippen molar-refractivity contribution < 1.29 is 23.8 Å². The van der Waals surface area contributed by atoms with E-state index in [4.69, 9.17) is 19.0 Å². The van der Waals surface area contributed by atoms with E-state index in [9.17, 15) is 4.79 Å². The molecule has 1 heterocycles. The zero-order valence-electron chi connectivity index (χ0n) is 16.5. The Morgan fingerprint density at radius 1 is 1.26 bits per heavy atom. The van der Waals surface area contributed by atoms with E-state index in [1.54, 1.807) is 18.7 Å². The molecule has 7 heteroatoms. The molecule has 0 bridgehead atoms. The molecule has 0 saturated carbocycles. The van der Waals surface area contributed by atoms with Gasteiger partial charge in [-0.05, 0) is 50.1 Å². The number of methoxy groups -OCH3 is 1. The number of hydrogen-bond acceptors (Lipinski definition) is 7. The summed E-state index contributed by atoms with van der Waals surface area (Å²) in [6.45, 7) is 5.11. The fourth-order valence-corrected chi connectivity index (χ4v) is 3.15. The SMILES string of the molecule is COC(=O)C1(C)OCC(CCCCON=C(C)c2ccc(SC)cc2)CO1. The van der Waals surface area contributed by atoms with Gasteiger partial charge in [0.15, 0.2) is 0 Å². The van der Waals surface area contributed by atoms with Gasteiger partial charge in [-0.25, -0.2) is 4.79 Å². The van der Waals surface area contributed by atoms with Gasteiger partial charge < -0.3 is 19.0 Å². The molecule has 150 valence electrons. The minimum atomic E-state index is -1.27. The molecule has 1 aliphatic heterocycles. The molecule has 6 nitrogen and oxygen atoms in total. The average molecular weight is 396 g/mol. The summed E-state index contributed by atoms with van der Waals surface area (Å²) in [5, 5.41) is 4.19. The molecule has 27 heavy (non-hydrogen) atoms. The van der Waals surface area contributed by atoms with Crippen LogP contribution >= 0.6 is 11.8 Å². The van der Waals surface area contributed by atoms with Crippen LogP contribution in [0.15, 0.2) is 34.3 Å². The minimum Gasteiger partial charge on any atom is -0.465 e. The molecule has 1 aliphatic rings. The summed E-state index contributed by atoms with van der Waals surface area (Å²) >= 11 is 1.72. The molecular formula is C20H29NO5S. The summed E-state index contributed by atoms with van der Waals surface area (Å²) in [6, 6.07) is 8.27. The van der Waals surface area contributed by atoms with E-state index in [0.29, 0.717) is 19.8 Å². The van der Waals surface area contributed by atoms with Gasteiger partial charge in [-0.3, -0.25) is 0 Å². The van der Waals surface area contributed by atoms with Crippen molar-refractivity contribution in [3.05, 3.63) is 29.8 Å². The molecule has 0 amide bonds. The van der Waals surface area contributed by atoms with E-state index in [1.165, 1.54) is 12.0 Å². The number of esters is 1. The molecule has 0 unspecified atom stereocenters. The lowest BCUT2D eigenvalue weighted by atomic mass is 10.0. The highest BCUT2D eigenvalue weighted by Gasteiger charge is 2.41. The topological polar surface area (TPSA) is 66.4 Å². The minimum absolute atomic E-state index is 0.280. The summed E-state index contributed by atoms with van der Waals surface area (Å²) in [5.74, 6) is -1.48. The summed E-state index contributed by atoms with van der Waals surface area (Å²) in [4.78, 5) is 18.3. The van der Waals surface area contributed by atoms with Gasteiger partial charge >= 0.3 is 5.97 Å². The maximum absolute atomic E-state index is 11.6. The van der Waals surface area contributed by atoms with Crippen LogP contribution in [-0.2, 0) is 23.8 Å². The second-order valence-electron chi connectivity index (χ2n) is 6.66. The molecule has 0 atom stereocenters. The maximum Gasteiger partial charge on any atom is 0.366 e. The van der Waals surface area contributed by atoms with Crippen LogP contribution in [0.5, 0.6) is 0 Å². The van der Waals surface area contributed by atoms with Gasteiger partial charge in [0.25, 0.3) is 5.79 Å². The molecule has 0 aliphatic carbocycles. The lowest BCUT2D eigenvalue weighted by Gasteiger charge is -2.35. The fourth-order valence-electron chi connectivity index (χ4n) is 2.74. The van der Waals surface area contributed by atoms with Crippen molar-refractivity contribution in [1.29, 1.82) is 0 Å². The number of rotatable bonds is 9. The van der Waals surface area contributed by atoms with E-state index < -0.39 is 11.8 Å². The van der Waals surface area contributed by atoms with Crippen LogP contribution in [0.3, 0.4) is 0 Å². The predicted octanol–water partition coefficient (Wildman–Crippen LogP) is 3.87. The zero-order valence-corrected chi connectivity index (χ0v) is 17.3. The number of oxime groups is 1. The van der Waals surface area contributed by atoms with Crippen LogP contribution in [0.2, 0.25) is 0 Å².